The molecule has 2 N–H and O–H groups in total. The summed E-state index contributed by atoms with van der Waals surface area (Å²) in [7, 11) is 0. The Bertz CT molecular complexity index is 1250. The fourth-order valence-electron chi connectivity index (χ4n) is 3.79. The predicted molar refractivity (Wildman–Crippen MR) is 117 cm³/mol. The van der Waals surface area contributed by atoms with E-state index in [0.717, 1.165) is 33.3 Å². The van der Waals surface area contributed by atoms with Crippen LogP contribution < -0.4 is 5.32 Å². The van der Waals surface area contributed by atoms with Crippen molar-refractivity contribution in [3.05, 3.63) is 72.1 Å². The molecule has 0 aliphatic heterocycles. The summed E-state index contributed by atoms with van der Waals surface area (Å²) >= 11 is 0. The van der Waals surface area contributed by atoms with Crippen LogP contribution in [0.2, 0.25) is 0 Å². The summed E-state index contributed by atoms with van der Waals surface area (Å²) in [4.78, 5) is 24.0. The Hall–Kier alpha value is -3.67. The number of nitrogens with zero attached hydrogens (tertiary/aromatic N) is 2. The number of aromatic nitrogens is 3. The zero-order chi connectivity index (χ0) is 20.7. The van der Waals surface area contributed by atoms with Gasteiger partial charge >= 0.3 is 0 Å². The highest BCUT2D eigenvalue weighted by Crippen LogP contribution is 2.39. The van der Waals surface area contributed by atoms with E-state index >= 15 is 0 Å². The molecule has 1 amide bonds. The lowest BCUT2D eigenvalue weighted by atomic mass is 10.0. The fraction of sp³-hybridized carbons (Fsp3) is 0.208. The van der Waals surface area contributed by atoms with Gasteiger partial charge in [0.25, 0.3) is 0 Å². The van der Waals surface area contributed by atoms with E-state index < -0.39 is 0 Å². The molecule has 150 valence electrons. The molecule has 2 aromatic carbocycles. The molecular formula is C24H22N4O2. The van der Waals surface area contributed by atoms with Gasteiger partial charge in [-0.2, -0.15) is 5.10 Å². The summed E-state index contributed by atoms with van der Waals surface area (Å²) in [5.74, 6) is 1.09. The Labute approximate surface area is 173 Å². The number of aromatic amines is 1. The first-order valence-electron chi connectivity index (χ1n) is 10.1. The average molecular weight is 398 g/mol. The second kappa shape index (κ2) is 7.30. The van der Waals surface area contributed by atoms with E-state index in [1.807, 2.05) is 48.5 Å². The van der Waals surface area contributed by atoms with Crippen molar-refractivity contribution in [1.82, 2.24) is 14.8 Å². The molecular weight excluding hydrogens is 376 g/mol. The van der Waals surface area contributed by atoms with Crippen LogP contribution in [0, 0.1) is 0 Å². The van der Waals surface area contributed by atoms with Crippen molar-refractivity contribution in [3.8, 4) is 11.1 Å². The number of anilines is 1. The Balaban J connectivity index is 1.27. The summed E-state index contributed by atoms with van der Waals surface area (Å²) in [5, 5.41) is 11.1. The zero-order valence-corrected chi connectivity index (χ0v) is 16.7. The average Bonchev–Trinajstić information content (AvgIpc) is 3.33. The molecule has 0 atom stereocenters. The third-order valence-electron chi connectivity index (χ3n) is 5.56. The number of benzene rings is 2. The van der Waals surface area contributed by atoms with E-state index in [2.05, 4.69) is 21.6 Å². The van der Waals surface area contributed by atoms with Crippen LogP contribution in [0.25, 0.3) is 22.0 Å². The zero-order valence-electron chi connectivity index (χ0n) is 16.7. The van der Waals surface area contributed by atoms with Crippen LogP contribution in [-0.4, -0.2) is 26.6 Å². The van der Waals surface area contributed by atoms with Crippen molar-refractivity contribution in [2.24, 2.45) is 0 Å². The van der Waals surface area contributed by atoms with Gasteiger partial charge in [0.1, 0.15) is 0 Å². The lowest BCUT2D eigenvalue weighted by Gasteiger charge is -2.06. The standard InChI is InChI=1S/C24H22N4O2/c1-15(29)28-11-10-20-13-19(8-9-22(20)28)17-4-2-16(3-5-17)12-24(30)25-23-14-21(26-27-23)18-6-7-18/h2-5,8-11,13-14,18H,6-7,12H2,1H3,(H2,25,26,27,30). The van der Waals surface area contributed by atoms with E-state index in [0.29, 0.717) is 18.2 Å². The minimum atomic E-state index is -0.0800. The van der Waals surface area contributed by atoms with Crippen molar-refractivity contribution in [2.45, 2.75) is 32.1 Å². The third-order valence-corrected chi connectivity index (χ3v) is 5.56. The van der Waals surface area contributed by atoms with Gasteiger partial charge in [-0.1, -0.05) is 30.3 Å². The van der Waals surface area contributed by atoms with Gasteiger partial charge in [0, 0.05) is 36.2 Å². The number of amides is 1. The molecule has 2 heterocycles. The monoisotopic (exact) mass is 398 g/mol. The number of carbonyl (C=O) groups excluding carboxylic acids is 2. The molecule has 1 aliphatic carbocycles. The van der Waals surface area contributed by atoms with Gasteiger partial charge < -0.3 is 5.32 Å². The summed E-state index contributed by atoms with van der Waals surface area (Å²) < 4.78 is 1.65. The Kier molecular flexibility index (Phi) is 4.47. The normalized spacial score (nSPS) is 13.5. The summed E-state index contributed by atoms with van der Waals surface area (Å²) in [6.45, 7) is 1.56. The lowest BCUT2D eigenvalue weighted by Crippen LogP contribution is -2.14. The molecule has 5 rings (SSSR count). The van der Waals surface area contributed by atoms with Gasteiger partial charge in [-0.05, 0) is 47.7 Å². The highest BCUT2D eigenvalue weighted by Gasteiger charge is 2.25. The number of hydrogen-bond donors (Lipinski definition) is 2. The maximum atomic E-state index is 12.3. The van der Waals surface area contributed by atoms with Crippen molar-refractivity contribution in [3.63, 3.8) is 0 Å². The number of nitrogens with one attached hydrogen (secondary N) is 2. The van der Waals surface area contributed by atoms with Crippen LogP contribution in [0.3, 0.4) is 0 Å². The molecule has 0 bridgehead atoms. The van der Waals surface area contributed by atoms with E-state index in [1.165, 1.54) is 12.8 Å². The second-order valence-corrected chi connectivity index (χ2v) is 7.88. The summed E-state index contributed by atoms with van der Waals surface area (Å²) in [6, 6.07) is 17.9. The maximum absolute atomic E-state index is 12.3. The third kappa shape index (κ3) is 3.64. The minimum absolute atomic E-state index is 0.000943. The van der Waals surface area contributed by atoms with Gasteiger partial charge in [-0.25, -0.2) is 0 Å². The number of fused-ring (bicyclic) bond motifs is 1. The Morgan fingerprint density at radius 3 is 2.57 bits per heavy atom. The molecule has 4 aromatic rings. The first kappa shape index (κ1) is 18.4. The fourth-order valence-corrected chi connectivity index (χ4v) is 3.79. The van der Waals surface area contributed by atoms with E-state index in [1.54, 1.807) is 17.7 Å². The molecule has 1 fully saturated rings. The lowest BCUT2D eigenvalue weighted by molar-refractivity contribution is -0.115. The number of rotatable bonds is 5. The molecule has 0 radical (unpaired) electrons. The van der Waals surface area contributed by atoms with Gasteiger partial charge in [0.05, 0.1) is 11.9 Å². The molecule has 0 unspecified atom stereocenters. The largest absolute Gasteiger partial charge is 0.309 e. The van der Waals surface area contributed by atoms with Gasteiger partial charge in [-0.3, -0.25) is 19.3 Å². The topological polar surface area (TPSA) is 79.8 Å². The van der Waals surface area contributed by atoms with Crippen LogP contribution in [0.5, 0.6) is 0 Å². The smallest absolute Gasteiger partial charge is 0.229 e. The van der Waals surface area contributed by atoms with Crippen LogP contribution in [-0.2, 0) is 11.2 Å². The molecule has 0 saturated heterocycles. The molecule has 1 saturated carbocycles. The molecule has 2 aromatic heterocycles. The number of hydrogen-bond acceptors (Lipinski definition) is 3. The summed E-state index contributed by atoms with van der Waals surface area (Å²) in [5.41, 5.74) is 5.09. The van der Waals surface area contributed by atoms with Crippen LogP contribution in [0.15, 0.2) is 60.8 Å². The van der Waals surface area contributed by atoms with Crippen LogP contribution in [0.1, 0.15) is 41.7 Å². The van der Waals surface area contributed by atoms with E-state index in [4.69, 9.17) is 0 Å². The Morgan fingerprint density at radius 1 is 1.07 bits per heavy atom. The van der Waals surface area contributed by atoms with Crippen LogP contribution >= 0.6 is 0 Å². The van der Waals surface area contributed by atoms with Crippen molar-refractivity contribution >= 4 is 28.5 Å². The van der Waals surface area contributed by atoms with Crippen LogP contribution in [0.4, 0.5) is 5.82 Å². The highest BCUT2D eigenvalue weighted by atomic mass is 16.2. The van der Waals surface area contributed by atoms with Gasteiger partial charge in [0.15, 0.2) is 5.82 Å². The molecule has 0 spiro atoms. The molecule has 6 heteroatoms. The van der Waals surface area contributed by atoms with E-state index in [9.17, 15) is 9.59 Å². The van der Waals surface area contributed by atoms with Crippen molar-refractivity contribution < 1.29 is 9.59 Å². The van der Waals surface area contributed by atoms with Gasteiger partial charge in [0.2, 0.25) is 11.8 Å². The maximum Gasteiger partial charge on any atom is 0.229 e. The molecule has 6 nitrogen and oxygen atoms in total. The first-order chi connectivity index (χ1) is 14.6. The second-order valence-electron chi connectivity index (χ2n) is 7.88. The quantitative estimate of drug-likeness (QED) is 0.509. The minimum Gasteiger partial charge on any atom is -0.309 e. The summed E-state index contributed by atoms with van der Waals surface area (Å²) in [6.07, 6.45) is 4.48. The highest BCUT2D eigenvalue weighted by molar-refractivity contribution is 5.94. The van der Waals surface area contributed by atoms with Crippen molar-refractivity contribution in [2.75, 3.05) is 5.32 Å². The van der Waals surface area contributed by atoms with Gasteiger partial charge in [-0.15, -0.1) is 0 Å². The Morgan fingerprint density at radius 2 is 1.83 bits per heavy atom. The number of carbonyl (C=O) groups is 2. The van der Waals surface area contributed by atoms with E-state index in [-0.39, 0.29) is 11.8 Å². The SMILES string of the molecule is CC(=O)n1ccc2cc(-c3ccc(CC(=O)Nc4cc(C5CC5)[nH]n4)cc3)ccc21. The molecule has 1 aliphatic rings. The molecule has 30 heavy (non-hydrogen) atoms. The predicted octanol–water partition coefficient (Wildman–Crippen LogP) is 4.75. The number of H-pyrrole nitrogens is 1. The first-order valence-corrected chi connectivity index (χ1v) is 10.1. The van der Waals surface area contributed by atoms with Crippen molar-refractivity contribution in [1.29, 1.82) is 0 Å².